The molecule has 0 amide bonds. The van der Waals surface area contributed by atoms with Crippen molar-refractivity contribution in [2.45, 2.75) is 6.04 Å². The lowest BCUT2D eigenvalue weighted by Crippen LogP contribution is -2.20. The molecule has 2 heterocycles. The van der Waals surface area contributed by atoms with Gasteiger partial charge in [-0.25, -0.2) is 4.98 Å². The van der Waals surface area contributed by atoms with Crippen LogP contribution >= 0.6 is 0 Å². The quantitative estimate of drug-likeness (QED) is 0.855. The zero-order valence-corrected chi connectivity index (χ0v) is 9.79. The molecule has 1 unspecified atom stereocenters. The number of rotatable bonds is 4. The maximum absolute atomic E-state index is 5.22. The number of hydrogen-bond acceptors (Lipinski definition) is 5. The van der Waals surface area contributed by atoms with E-state index in [0.717, 1.165) is 11.3 Å². The molecule has 0 fully saturated rings. The summed E-state index contributed by atoms with van der Waals surface area (Å²) in [7, 11) is 3.45. The highest BCUT2D eigenvalue weighted by atomic mass is 16.5. The van der Waals surface area contributed by atoms with E-state index in [4.69, 9.17) is 4.74 Å². The lowest BCUT2D eigenvalue weighted by molar-refractivity contribution is 0.384. The van der Waals surface area contributed by atoms with Crippen LogP contribution in [0, 0.1) is 0 Å². The average molecular weight is 230 g/mol. The second-order valence-corrected chi connectivity index (χ2v) is 3.46. The van der Waals surface area contributed by atoms with Crippen molar-refractivity contribution >= 4 is 0 Å². The molecule has 1 atom stereocenters. The fourth-order valence-corrected chi connectivity index (χ4v) is 1.70. The van der Waals surface area contributed by atoms with Crippen molar-refractivity contribution in [1.29, 1.82) is 0 Å². The second-order valence-electron chi connectivity index (χ2n) is 3.46. The Morgan fingerprint density at radius 3 is 2.71 bits per heavy atom. The number of aromatic nitrogens is 3. The topological polar surface area (TPSA) is 59.9 Å². The van der Waals surface area contributed by atoms with Crippen LogP contribution in [0.5, 0.6) is 5.88 Å². The van der Waals surface area contributed by atoms with E-state index >= 15 is 0 Å². The van der Waals surface area contributed by atoms with Gasteiger partial charge in [0.15, 0.2) is 0 Å². The van der Waals surface area contributed by atoms with E-state index in [1.54, 1.807) is 31.9 Å². The highest BCUT2D eigenvalue weighted by molar-refractivity contribution is 5.30. The van der Waals surface area contributed by atoms with E-state index < -0.39 is 0 Å². The first-order chi connectivity index (χ1) is 8.36. The summed E-state index contributed by atoms with van der Waals surface area (Å²) in [6.07, 6.45) is 6.80. The molecule has 0 bridgehead atoms. The van der Waals surface area contributed by atoms with Crippen molar-refractivity contribution in [3.8, 4) is 5.88 Å². The molecule has 1 N–H and O–H groups in total. The predicted octanol–water partition coefficient (Wildman–Crippen LogP) is 1.19. The minimum atomic E-state index is -0.0765. The standard InChI is InChI=1S/C12H14N4O/c1-13-10(9-4-3-5-14-8-9)11-12(17-2)16-7-6-15-11/h3-8,10,13H,1-2H3. The number of nitrogens with one attached hydrogen (secondary N) is 1. The molecule has 5 nitrogen and oxygen atoms in total. The molecule has 0 aromatic carbocycles. The van der Waals surface area contributed by atoms with Crippen LogP contribution in [0.15, 0.2) is 36.9 Å². The third-order valence-corrected chi connectivity index (χ3v) is 2.46. The first-order valence-corrected chi connectivity index (χ1v) is 5.29. The second kappa shape index (κ2) is 5.36. The number of hydrogen-bond donors (Lipinski definition) is 1. The van der Waals surface area contributed by atoms with Gasteiger partial charge in [-0.15, -0.1) is 0 Å². The molecule has 0 radical (unpaired) electrons. The Bertz CT molecular complexity index is 475. The Morgan fingerprint density at radius 2 is 2.06 bits per heavy atom. The first-order valence-electron chi connectivity index (χ1n) is 5.29. The summed E-state index contributed by atoms with van der Waals surface area (Å²) in [4.78, 5) is 12.6. The van der Waals surface area contributed by atoms with Gasteiger partial charge in [-0.1, -0.05) is 6.07 Å². The van der Waals surface area contributed by atoms with Crippen molar-refractivity contribution in [3.63, 3.8) is 0 Å². The molecule has 88 valence electrons. The molecular formula is C12H14N4O. The van der Waals surface area contributed by atoms with Crippen molar-refractivity contribution in [2.75, 3.05) is 14.2 Å². The van der Waals surface area contributed by atoms with Gasteiger partial charge in [-0.3, -0.25) is 9.97 Å². The summed E-state index contributed by atoms with van der Waals surface area (Å²) in [6.45, 7) is 0. The maximum Gasteiger partial charge on any atom is 0.237 e. The van der Waals surface area contributed by atoms with Gasteiger partial charge in [0.2, 0.25) is 5.88 Å². The zero-order valence-electron chi connectivity index (χ0n) is 9.79. The van der Waals surface area contributed by atoms with Gasteiger partial charge in [-0.05, 0) is 18.7 Å². The van der Waals surface area contributed by atoms with Gasteiger partial charge in [0.1, 0.15) is 5.69 Å². The molecule has 2 rings (SSSR count). The van der Waals surface area contributed by atoms with Gasteiger partial charge in [0, 0.05) is 24.8 Å². The van der Waals surface area contributed by atoms with E-state index in [0.29, 0.717) is 5.88 Å². The average Bonchev–Trinajstić information content (AvgIpc) is 2.41. The number of methoxy groups -OCH3 is 1. The summed E-state index contributed by atoms with van der Waals surface area (Å²) < 4.78 is 5.22. The van der Waals surface area contributed by atoms with E-state index in [1.807, 2.05) is 19.2 Å². The van der Waals surface area contributed by atoms with E-state index in [-0.39, 0.29) is 6.04 Å². The van der Waals surface area contributed by atoms with Crippen LogP contribution in [0.3, 0.4) is 0 Å². The molecule has 0 spiro atoms. The van der Waals surface area contributed by atoms with Crippen molar-refractivity contribution in [2.24, 2.45) is 0 Å². The van der Waals surface area contributed by atoms with Crippen LogP contribution in [0.4, 0.5) is 0 Å². The summed E-state index contributed by atoms with van der Waals surface area (Å²) >= 11 is 0. The lowest BCUT2D eigenvalue weighted by Gasteiger charge is -2.17. The summed E-state index contributed by atoms with van der Waals surface area (Å²) in [5.74, 6) is 0.524. The number of pyridine rings is 1. The lowest BCUT2D eigenvalue weighted by atomic mass is 10.1. The Labute approximate surface area is 99.9 Å². The van der Waals surface area contributed by atoms with E-state index in [9.17, 15) is 0 Å². The highest BCUT2D eigenvalue weighted by Crippen LogP contribution is 2.24. The van der Waals surface area contributed by atoms with Crippen LogP contribution in [-0.2, 0) is 0 Å². The monoisotopic (exact) mass is 230 g/mol. The van der Waals surface area contributed by atoms with E-state index in [2.05, 4.69) is 20.3 Å². The summed E-state index contributed by atoms with van der Waals surface area (Å²) in [5.41, 5.74) is 1.78. The number of ether oxygens (including phenoxy) is 1. The summed E-state index contributed by atoms with van der Waals surface area (Å²) in [5, 5.41) is 3.19. The Morgan fingerprint density at radius 1 is 1.24 bits per heavy atom. The molecule has 2 aromatic heterocycles. The molecule has 0 aliphatic heterocycles. The van der Waals surface area contributed by atoms with Gasteiger partial charge in [0.05, 0.1) is 13.2 Å². The molecular weight excluding hydrogens is 216 g/mol. The fourth-order valence-electron chi connectivity index (χ4n) is 1.70. The molecule has 2 aromatic rings. The van der Waals surface area contributed by atoms with Crippen LogP contribution in [0.1, 0.15) is 17.3 Å². The van der Waals surface area contributed by atoms with Crippen molar-refractivity contribution in [3.05, 3.63) is 48.2 Å². The Balaban J connectivity index is 2.42. The molecule has 5 heteroatoms. The van der Waals surface area contributed by atoms with Crippen LogP contribution in [0.2, 0.25) is 0 Å². The minimum absolute atomic E-state index is 0.0765. The first kappa shape index (κ1) is 11.5. The minimum Gasteiger partial charge on any atom is -0.480 e. The third-order valence-electron chi connectivity index (χ3n) is 2.46. The van der Waals surface area contributed by atoms with Gasteiger partial charge in [-0.2, -0.15) is 0 Å². The van der Waals surface area contributed by atoms with Gasteiger partial charge >= 0.3 is 0 Å². The van der Waals surface area contributed by atoms with Gasteiger partial charge < -0.3 is 10.1 Å². The van der Waals surface area contributed by atoms with Crippen LogP contribution in [0.25, 0.3) is 0 Å². The molecule has 0 aliphatic carbocycles. The van der Waals surface area contributed by atoms with Crippen LogP contribution in [-0.4, -0.2) is 29.1 Å². The van der Waals surface area contributed by atoms with Crippen LogP contribution < -0.4 is 10.1 Å². The van der Waals surface area contributed by atoms with Crippen molar-refractivity contribution in [1.82, 2.24) is 20.3 Å². The highest BCUT2D eigenvalue weighted by Gasteiger charge is 2.18. The number of nitrogens with zero attached hydrogens (tertiary/aromatic N) is 3. The molecule has 0 saturated heterocycles. The summed E-state index contributed by atoms with van der Waals surface area (Å²) in [6, 6.07) is 3.80. The third kappa shape index (κ3) is 2.39. The Kier molecular flexibility index (Phi) is 3.62. The smallest absolute Gasteiger partial charge is 0.237 e. The SMILES string of the molecule is CNC(c1cccnc1)c1nccnc1OC. The molecule has 0 saturated carbocycles. The molecule has 0 aliphatic rings. The van der Waals surface area contributed by atoms with Crippen molar-refractivity contribution < 1.29 is 4.74 Å². The molecule has 17 heavy (non-hydrogen) atoms. The fraction of sp³-hybridized carbons (Fsp3) is 0.250. The normalized spacial score (nSPS) is 12.1. The van der Waals surface area contributed by atoms with Gasteiger partial charge in [0.25, 0.3) is 0 Å². The van der Waals surface area contributed by atoms with E-state index in [1.165, 1.54) is 0 Å². The Hall–Kier alpha value is -2.01. The predicted molar refractivity (Wildman–Crippen MR) is 63.7 cm³/mol. The zero-order chi connectivity index (χ0) is 12.1. The largest absolute Gasteiger partial charge is 0.480 e. The maximum atomic E-state index is 5.22.